The molecule has 5 heteroatoms. The van der Waals surface area contributed by atoms with Crippen molar-refractivity contribution in [3.8, 4) is 5.75 Å². The van der Waals surface area contributed by atoms with Crippen molar-refractivity contribution in [1.29, 1.82) is 0 Å². The van der Waals surface area contributed by atoms with Crippen molar-refractivity contribution in [2.45, 2.75) is 19.6 Å². The van der Waals surface area contributed by atoms with Gasteiger partial charge in [0.15, 0.2) is 0 Å². The molecule has 0 radical (unpaired) electrons. The summed E-state index contributed by atoms with van der Waals surface area (Å²) in [5.74, 6) is 0.0845. The third kappa shape index (κ3) is 3.51. The molecular weight excluding hydrogens is 274 g/mol. The van der Waals surface area contributed by atoms with Crippen LogP contribution in [0, 0.1) is 13.8 Å². The maximum atomic E-state index is 12.1. The van der Waals surface area contributed by atoms with Gasteiger partial charge in [0.2, 0.25) is 10.0 Å². The predicted molar refractivity (Wildman–Crippen MR) is 80.3 cm³/mol. The standard InChI is InChI=1S/C15H17NO3S/c1-11-9-15(17)12(2)8-14(11)16-20(18,19)10-13-6-4-3-5-7-13/h3-9,16-17H,10H2,1-2H3. The van der Waals surface area contributed by atoms with E-state index in [1.807, 2.05) is 6.07 Å². The molecule has 20 heavy (non-hydrogen) atoms. The second kappa shape index (κ2) is 5.54. The molecule has 0 heterocycles. The molecule has 106 valence electrons. The van der Waals surface area contributed by atoms with E-state index in [-0.39, 0.29) is 11.5 Å². The van der Waals surface area contributed by atoms with Gasteiger partial charge in [0, 0.05) is 0 Å². The highest BCUT2D eigenvalue weighted by Crippen LogP contribution is 2.26. The molecular formula is C15H17NO3S. The van der Waals surface area contributed by atoms with Crippen LogP contribution >= 0.6 is 0 Å². The van der Waals surface area contributed by atoms with Crippen LogP contribution in [0.2, 0.25) is 0 Å². The molecule has 0 saturated carbocycles. The van der Waals surface area contributed by atoms with Crippen molar-refractivity contribution in [2.24, 2.45) is 0 Å². The highest BCUT2D eigenvalue weighted by atomic mass is 32.2. The Morgan fingerprint density at radius 1 is 1.05 bits per heavy atom. The zero-order chi connectivity index (χ0) is 14.8. The maximum absolute atomic E-state index is 12.1. The number of phenolic OH excluding ortho intramolecular Hbond substituents is 1. The van der Waals surface area contributed by atoms with Crippen LogP contribution in [0.4, 0.5) is 5.69 Å². The monoisotopic (exact) mass is 291 g/mol. The predicted octanol–water partition coefficient (Wildman–Crippen LogP) is 2.95. The van der Waals surface area contributed by atoms with Crippen LogP contribution in [0.3, 0.4) is 0 Å². The average Bonchev–Trinajstić information content (AvgIpc) is 2.36. The Kier molecular flexibility index (Phi) is 3.99. The molecule has 2 N–H and O–H groups in total. The molecule has 0 atom stereocenters. The number of anilines is 1. The molecule has 2 rings (SSSR count). The minimum absolute atomic E-state index is 0.0762. The Morgan fingerprint density at radius 3 is 2.35 bits per heavy atom. The van der Waals surface area contributed by atoms with E-state index < -0.39 is 10.0 Å². The van der Waals surface area contributed by atoms with Gasteiger partial charge < -0.3 is 5.11 Å². The molecule has 0 unspecified atom stereocenters. The number of aryl methyl sites for hydroxylation is 2. The number of benzene rings is 2. The van der Waals surface area contributed by atoms with Gasteiger partial charge in [-0.1, -0.05) is 30.3 Å². The van der Waals surface area contributed by atoms with Gasteiger partial charge >= 0.3 is 0 Å². The van der Waals surface area contributed by atoms with E-state index in [0.717, 1.165) is 5.56 Å². The highest BCUT2D eigenvalue weighted by molar-refractivity contribution is 7.91. The van der Waals surface area contributed by atoms with Crippen LogP contribution in [0.25, 0.3) is 0 Å². The lowest BCUT2D eigenvalue weighted by atomic mass is 10.1. The van der Waals surface area contributed by atoms with Crippen molar-refractivity contribution >= 4 is 15.7 Å². The summed E-state index contributed by atoms with van der Waals surface area (Å²) in [4.78, 5) is 0. The smallest absolute Gasteiger partial charge is 0.236 e. The zero-order valence-electron chi connectivity index (χ0n) is 11.4. The molecule has 0 aliphatic rings. The van der Waals surface area contributed by atoms with Crippen molar-refractivity contribution in [2.75, 3.05) is 4.72 Å². The van der Waals surface area contributed by atoms with E-state index in [1.165, 1.54) is 0 Å². The fraction of sp³-hybridized carbons (Fsp3) is 0.200. The minimum atomic E-state index is -3.47. The van der Waals surface area contributed by atoms with Crippen LogP contribution in [0.15, 0.2) is 42.5 Å². The summed E-state index contributed by atoms with van der Waals surface area (Å²) < 4.78 is 26.9. The molecule has 0 aliphatic carbocycles. The molecule has 4 nitrogen and oxygen atoms in total. The summed E-state index contributed by atoms with van der Waals surface area (Å²) in [6.45, 7) is 3.48. The Bertz CT molecular complexity index is 709. The van der Waals surface area contributed by atoms with Gasteiger partial charge in [-0.15, -0.1) is 0 Å². The normalized spacial score (nSPS) is 11.3. The van der Waals surface area contributed by atoms with Gasteiger partial charge in [-0.3, -0.25) is 4.72 Å². The fourth-order valence-electron chi connectivity index (χ4n) is 1.91. The van der Waals surface area contributed by atoms with Crippen molar-refractivity contribution < 1.29 is 13.5 Å². The second-order valence-electron chi connectivity index (χ2n) is 4.80. The third-order valence-corrected chi connectivity index (χ3v) is 4.25. The fourth-order valence-corrected chi connectivity index (χ4v) is 3.17. The summed E-state index contributed by atoms with van der Waals surface area (Å²) in [6.07, 6.45) is 0. The number of phenols is 1. The summed E-state index contributed by atoms with van der Waals surface area (Å²) in [5.41, 5.74) is 2.54. The topological polar surface area (TPSA) is 66.4 Å². The van der Waals surface area contributed by atoms with Gasteiger partial charge in [-0.05, 0) is 42.7 Å². The highest BCUT2D eigenvalue weighted by Gasteiger charge is 2.14. The number of sulfonamides is 1. The van der Waals surface area contributed by atoms with E-state index in [2.05, 4.69) is 4.72 Å². The van der Waals surface area contributed by atoms with Gasteiger partial charge in [-0.2, -0.15) is 0 Å². The van der Waals surface area contributed by atoms with E-state index in [9.17, 15) is 13.5 Å². The lowest BCUT2D eigenvalue weighted by Crippen LogP contribution is -2.15. The first-order chi connectivity index (χ1) is 9.37. The zero-order valence-corrected chi connectivity index (χ0v) is 12.2. The second-order valence-corrected chi connectivity index (χ2v) is 6.52. The summed E-state index contributed by atoms with van der Waals surface area (Å²) in [7, 11) is -3.47. The van der Waals surface area contributed by atoms with E-state index in [0.29, 0.717) is 16.8 Å². The minimum Gasteiger partial charge on any atom is -0.508 e. The molecule has 0 spiro atoms. The number of rotatable bonds is 4. The van der Waals surface area contributed by atoms with E-state index >= 15 is 0 Å². The first-order valence-corrected chi connectivity index (χ1v) is 7.87. The summed E-state index contributed by atoms with van der Waals surface area (Å²) in [6, 6.07) is 12.2. The molecule has 0 aliphatic heterocycles. The van der Waals surface area contributed by atoms with Crippen LogP contribution in [0.1, 0.15) is 16.7 Å². The quantitative estimate of drug-likeness (QED) is 0.851. The summed E-state index contributed by atoms with van der Waals surface area (Å²) in [5, 5.41) is 9.58. The number of hydrogen-bond acceptors (Lipinski definition) is 3. The van der Waals surface area contributed by atoms with Gasteiger partial charge in [-0.25, -0.2) is 8.42 Å². The Morgan fingerprint density at radius 2 is 1.70 bits per heavy atom. The number of aromatic hydroxyl groups is 1. The molecule has 0 aromatic heterocycles. The van der Waals surface area contributed by atoms with Crippen molar-refractivity contribution in [3.63, 3.8) is 0 Å². The first-order valence-electron chi connectivity index (χ1n) is 6.22. The van der Waals surface area contributed by atoms with Crippen molar-refractivity contribution in [3.05, 3.63) is 59.2 Å². The number of hydrogen-bond donors (Lipinski definition) is 2. The molecule has 0 fully saturated rings. The average molecular weight is 291 g/mol. The van der Waals surface area contributed by atoms with Crippen LogP contribution in [-0.2, 0) is 15.8 Å². The Hall–Kier alpha value is -2.01. The Balaban J connectivity index is 2.23. The van der Waals surface area contributed by atoms with Gasteiger partial charge in [0.05, 0.1) is 11.4 Å². The SMILES string of the molecule is Cc1cc(NS(=O)(=O)Cc2ccccc2)c(C)cc1O. The lowest BCUT2D eigenvalue weighted by Gasteiger charge is -2.12. The van der Waals surface area contributed by atoms with Crippen LogP contribution < -0.4 is 4.72 Å². The molecule has 0 bridgehead atoms. The van der Waals surface area contributed by atoms with Crippen LogP contribution in [-0.4, -0.2) is 13.5 Å². The number of nitrogens with one attached hydrogen (secondary N) is 1. The third-order valence-electron chi connectivity index (χ3n) is 3.01. The van der Waals surface area contributed by atoms with Crippen LogP contribution in [0.5, 0.6) is 5.75 Å². The summed E-state index contributed by atoms with van der Waals surface area (Å²) >= 11 is 0. The molecule has 2 aromatic carbocycles. The molecule has 0 amide bonds. The van der Waals surface area contributed by atoms with Gasteiger partial charge in [0.25, 0.3) is 0 Å². The van der Waals surface area contributed by atoms with E-state index in [4.69, 9.17) is 0 Å². The first kappa shape index (κ1) is 14.4. The largest absolute Gasteiger partial charge is 0.508 e. The Labute approximate surface area is 119 Å². The van der Waals surface area contributed by atoms with Gasteiger partial charge in [0.1, 0.15) is 5.75 Å². The maximum Gasteiger partial charge on any atom is 0.236 e. The molecule has 2 aromatic rings. The molecule has 0 saturated heterocycles. The van der Waals surface area contributed by atoms with E-state index in [1.54, 1.807) is 50.2 Å². The lowest BCUT2D eigenvalue weighted by molar-refractivity contribution is 0.471. The van der Waals surface area contributed by atoms with Crippen molar-refractivity contribution in [1.82, 2.24) is 0 Å².